The van der Waals surface area contributed by atoms with Crippen molar-refractivity contribution in [2.75, 3.05) is 26.9 Å². The van der Waals surface area contributed by atoms with Crippen molar-refractivity contribution in [1.29, 1.82) is 0 Å². The molecule has 1 heterocycles. The highest BCUT2D eigenvalue weighted by atomic mass is 16.6. The normalized spacial score (nSPS) is 10.2. The van der Waals surface area contributed by atoms with E-state index in [9.17, 15) is 14.4 Å². The van der Waals surface area contributed by atoms with Crippen LogP contribution < -0.4 is 14.8 Å². The van der Waals surface area contributed by atoms with Gasteiger partial charge in [-0.25, -0.2) is 4.79 Å². The van der Waals surface area contributed by atoms with Gasteiger partial charge in [-0.2, -0.15) is 0 Å². The molecule has 9 heteroatoms. The predicted octanol–water partition coefficient (Wildman–Crippen LogP) is 2.34. The van der Waals surface area contributed by atoms with Crippen LogP contribution in [0.2, 0.25) is 0 Å². The van der Waals surface area contributed by atoms with Crippen molar-refractivity contribution in [3.05, 3.63) is 47.4 Å². The van der Waals surface area contributed by atoms with E-state index in [1.54, 1.807) is 18.2 Å². The number of amides is 1. The minimum absolute atomic E-state index is 0.00690. The molecule has 156 valence electrons. The second kappa shape index (κ2) is 10.7. The fourth-order valence-electron chi connectivity index (χ4n) is 2.32. The molecule has 1 amide bonds. The third-order valence-electron chi connectivity index (χ3n) is 3.62. The second-order valence-corrected chi connectivity index (χ2v) is 5.63. The summed E-state index contributed by atoms with van der Waals surface area (Å²) in [7, 11) is 1.23. The number of benzene rings is 1. The van der Waals surface area contributed by atoms with Crippen molar-refractivity contribution in [3.8, 4) is 11.5 Å². The molecular weight excluding hydrogens is 382 g/mol. The van der Waals surface area contributed by atoms with Gasteiger partial charge in [-0.05, 0) is 44.2 Å². The molecule has 1 N–H and O–H groups in total. The molecule has 0 atom stereocenters. The van der Waals surface area contributed by atoms with E-state index >= 15 is 0 Å². The van der Waals surface area contributed by atoms with E-state index < -0.39 is 17.8 Å². The lowest BCUT2D eigenvalue weighted by Crippen LogP contribution is -2.30. The third-order valence-corrected chi connectivity index (χ3v) is 3.62. The third kappa shape index (κ3) is 6.27. The van der Waals surface area contributed by atoms with E-state index in [1.807, 2.05) is 13.8 Å². The maximum absolute atomic E-state index is 12.3. The van der Waals surface area contributed by atoms with Crippen LogP contribution in [0.5, 0.6) is 11.5 Å². The van der Waals surface area contributed by atoms with Gasteiger partial charge in [0.15, 0.2) is 11.5 Å². The Hall–Kier alpha value is -3.49. The summed E-state index contributed by atoms with van der Waals surface area (Å²) in [5.41, 5.74) is 0.318. The Labute approximate surface area is 167 Å². The maximum Gasteiger partial charge on any atom is 0.373 e. The highest BCUT2D eigenvalue weighted by molar-refractivity contribution is 5.96. The SMILES string of the molecule is CCOc1ccc(C(=O)NCC(=O)OCc2ccc(C(=O)OC)o2)cc1OCC. The minimum Gasteiger partial charge on any atom is -0.490 e. The van der Waals surface area contributed by atoms with Gasteiger partial charge >= 0.3 is 11.9 Å². The molecule has 1 aromatic carbocycles. The van der Waals surface area contributed by atoms with Crippen molar-refractivity contribution >= 4 is 17.8 Å². The molecule has 2 rings (SSSR count). The zero-order valence-electron chi connectivity index (χ0n) is 16.5. The molecule has 0 spiro atoms. The quantitative estimate of drug-likeness (QED) is 0.599. The molecule has 0 unspecified atom stereocenters. The summed E-state index contributed by atoms with van der Waals surface area (Å²) in [4.78, 5) is 35.4. The Morgan fingerprint density at radius 2 is 1.72 bits per heavy atom. The molecule has 0 aliphatic rings. The van der Waals surface area contributed by atoms with Gasteiger partial charge in [0, 0.05) is 5.56 Å². The Balaban J connectivity index is 1.86. The first-order chi connectivity index (χ1) is 14.0. The van der Waals surface area contributed by atoms with E-state index in [4.69, 9.17) is 18.6 Å². The fourth-order valence-corrected chi connectivity index (χ4v) is 2.32. The summed E-state index contributed by atoms with van der Waals surface area (Å²) < 4.78 is 25.6. The average Bonchev–Trinajstić information content (AvgIpc) is 3.20. The van der Waals surface area contributed by atoms with Gasteiger partial charge in [-0.3, -0.25) is 9.59 Å². The Morgan fingerprint density at radius 3 is 2.41 bits per heavy atom. The van der Waals surface area contributed by atoms with Crippen LogP contribution in [0.25, 0.3) is 0 Å². The maximum atomic E-state index is 12.3. The van der Waals surface area contributed by atoms with E-state index in [1.165, 1.54) is 19.2 Å². The van der Waals surface area contributed by atoms with Gasteiger partial charge in [0.25, 0.3) is 5.91 Å². The number of hydrogen-bond donors (Lipinski definition) is 1. The molecular formula is C20H23NO8. The molecule has 29 heavy (non-hydrogen) atoms. The highest BCUT2D eigenvalue weighted by Crippen LogP contribution is 2.28. The lowest BCUT2D eigenvalue weighted by atomic mass is 10.2. The monoisotopic (exact) mass is 405 g/mol. The van der Waals surface area contributed by atoms with Gasteiger partial charge in [0.05, 0.1) is 20.3 Å². The number of carbonyl (C=O) groups is 3. The van der Waals surface area contributed by atoms with Crippen molar-refractivity contribution < 1.29 is 37.7 Å². The Bertz CT molecular complexity index is 858. The fraction of sp³-hybridized carbons (Fsp3) is 0.350. The summed E-state index contributed by atoms with van der Waals surface area (Å²) in [6.07, 6.45) is 0. The first-order valence-electron chi connectivity index (χ1n) is 8.98. The van der Waals surface area contributed by atoms with Gasteiger partial charge in [-0.1, -0.05) is 0 Å². The predicted molar refractivity (Wildman–Crippen MR) is 101 cm³/mol. The number of esters is 2. The number of furan rings is 1. The largest absolute Gasteiger partial charge is 0.490 e. The van der Waals surface area contributed by atoms with Gasteiger partial charge < -0.3 is 28.7 Å². The second-order valence-electron chi connectivity index (χ2n) is 5.63. The smallest absolute Gasteiger partial charge is 0.373 e. The summed E-state index contributed by atoms with van der Waals surface area (Å²) in [6.45, 7) is 4.05. The first-order valence-corrected chi connectivity index (χ1v) is 8.98. The summed E-state index contributed by atoms with van der Waals surface area (Å²) in [5.74, 6) is -0.483. The number of ether oxygens (including phenoxy) is 4. The summed E-state index contributed by atoms with van der Waals surface area (Å²) >= 11 is 0. The van der Waals surface area contributed by atoms with Crippen molar-refractivity contribution in [1.82, 2.24) is 5.32 Å². The molecule has 0 bridgehead atoms. The highest BCUT2D eigenvalue weighted by Gasteiger charge is 2.15. The van der Waals surface area contributed by atoms with E-state index in [2.05, 4.69) is 10.1 Å². The Morgan fingerprint density at radius 1 is 1.00 bits per heavy atom. The Kier molecular flexibility index (Phi) is 8.08. The van der Waals surface area contributed by atoms with E-state index in [0.717, 1.165) is 0 Å². The molecule has 0 aliphatic heterocycles. The molecule has 2 aromatic rings. The van der Waals surface area contributed by atoms with Crippen LogP contribution in [-0.4, -0.2) is 44.7 Å². The summed E-state index contributed by atoms with van der Waals surface area (Å²) in [6, 6.07) is 7.67. The van der Waals surface area contributed by atoms with Crippen molar-refractivity contribution in [3.63, 3.8) is 0 Å². The van der Waals surface area contributed by atoms with Gasteiger partial charge in [-0.15, -0.1) is 0 Å². The first kappa shape index (κ1) is 21.8. The van der Waals surface area contributed by atoms with E-state index in [0.29, 0.717) is 30.3 Å². The number of methoxy groups -OCH3 is 1. The molecule has 0 fully saturated rings. The van der Waals surface area contributed by atoms with Gasteiger partial charge in [0.1, 0.15) is 18.9 Å². The van der Waals surface area contributed by atoms with Gasteiger partial charge in [0.2, 0.25) is 5.76 Å². The minimum atomic E-state index is -0.662. The molecule has 0 saturated carbocycles. The van der Waals surface area contributed by atoms with E-state index in [-0.39, 0.29) is 24.7 Å². The zero-order chi connectivity index (χ0) is 21.2. The lowest BCUT2D eigenvalue weighted by Gasteiger charge is -2.12. The van der Waals surface area contributed by atoms with Crippen LogP contribution in [0, 0.1) is 0 Å². The van der Waals surface area contributed by atoms with Crippen LogP contribution in [0.1, 0.15) is 40.5 Å². The van der Waals surface area contributed by atoms with Crippen LogP contribution in [0.4, 0.5) is 0 Å². The molecule has 0 radical (unpaired) electrons. The zero-order valence-corrected chi connectivity index (χ0v) is 16.5. The topological polar surface area (TPSA) is 113 Å². The lowest BCUT2D eigenvalue weighted by molar-refractivity contribution is -0.144. The molecule has 0 saturated heterocycles. The number of rotatable bonds is 10. The van der Waals surface area contributed by atoms with Crippen LogP contribution in [0.15, 0.2) is 34.7 Å². The molecule has 0 aliphatic carbocycles. The average molecular weight is 405 g/mol. The molecule has 9 nitrogen and oxygen atoms in total. The standard InChI is InChI=1S/C20H23NO8/c1-4-26-15-8-6-13(10-17(15)27-5-2)19(23)21-11-18(22)28-12-14-7-9-16(29-14)20(24)25-3/h6-10H,4-5,11-12H2,1-3H3,(H,21,23). The number of nitrogens with one attached hydrogen (secondary N) is 1. The molecule has 1 aromatic heterocycles. The van der Waals surface area contributed by atoms with Crippen LogP contribution in [-0.2, 0) is 20.9 Å². The van der Waals surface area contributed by atoms with Crippen molar-refractivity contribution in [2.45, 2.75) is 20.5 Å². The van der Waals surface area contributed by atoms with Crippen LogP contribution >= 0.6 is 0 Å². The number of hydrogen-bond acceptors (Lipinski definition) is 8. The van der Waals surface area contributed by atoms with Crippen LogP contribution in [0.3, 0.4) is 0 Å². The van der Waals surface area contributed by atoms with Crippen molar-refractivity contribution in [2.24, 2.45) is 0 Å². The number of carbonyl (C=O) groups excluding carboxylic acids is 3. The summed E-state index contributed by atoms with van der Waals surface area (Å²) in [5, 5.41) is 2.47.